The molecular weight excluding hydrogens is 254 g/mol. The first-order valence-electron chi connectivity index (χ1n) is 7.43. The van der Waals surface area contributed by atoms with Gasteiger partial charge in [0.15, 0.2) is 0 Å². The van der Waals surface area contributed by atoms with Crippen LogP contribution < -0.4 is 10.6 Å². The number of carbonyl (C=O) groups is 1. The van der Waals surface area contributed by atoms with Crippen LogP contribution in [0.4, 0.5) is 0 Å². The van der Waals surface area contributed by atoms with Gasteiger partial charge < -0.3 is 15.2 Å². The second kappa shape index (κ2) is 6.39. The van der Waals surface area contributed by atoms with Gasteiger partial charge in [-0.15, -0.1) is 0 Å². The number of hydrogen-bond acceptors (Lipinski definition) is 4. The molecule has 2 N–H and O–H groups in total. The van der Waals surface area contributed by atoms with E-state index in [2.05, 4.69) is 22.7 Å². The highest BCUT2D eigenvalue weighted by Crippen LogP contribution is 2.18. The largest absolute Gasteiger partial charge is 0.361 e. The van der Waals surface area contributed by atoms with Gasteiger partial charge in [0.1, 0.15) is 5.76 Å². The molecule has 0 saturated carbocycles. The summed E-state index contributed by atoms with van der Waals surface area (Å²) >= 11 is 0. The summed E-state index contributed by atoms with van der Waals surface area (Å²) in [5.74, 6) is 1.16. The van der Waals surface area contributed by atoms with E-state index >= 15 is 0 Å². The molecule has 0 aliphatic carbocycles. The van der Waals surface area contributed by atoms with Gasteiger partial charge in [-0.3, -0.25) is 4.79 Å². The molecule has 5 nitrogen and oxygen atoms in total. The number of carbonyl (C=O) groups excluding carboxylic acids is 1. The highest BCUT2D eigenvalue weighted by Gasteiger charge is 2.25. The van der Waals surface area contributed by atoms with Crippen LogP contribution in [0.3, 0.4) is 0 Å². The number of hydrogen-bond donors (Lipinski definition) is 2. The molecule has 3 atom stereocenters. The molecule has 112 valence electrons. The standard InChI is InChI=1S/C15H25N3O2/c1-9-7-13(5-6-16-9)15(19)17-10(2)8-14-11(3)18-20-12(14)4/h9-10,13,16H,5-8H2,1-4H3,(H,17,19)/t9-,10?,13-/m0/s1. The van der Waals surface area contributed by atoms with Gasteiger partial charge in [0.25, 0.3) is 0 Å². The molecule has 1 aromatic rings. The topological polar surface area (TPSA) is 67.2 Å². The van der Waals surface area contributed by atoms with Crippen LogP contribution in [0.25, 0.3) is 0 Å². The minimum absolute atomic E-state index is 0.101. The average molecular weight is 279 g/mol. The van der Waals surface area contributed by atoms with E-state index in [1.807, 2.05) is 20.8 Å². The Hall–Kier alpha value is -1.36. The van der Waals surface area contributed by atoms with Crippen molar-refractivity contribution in [3.63, 3.8) is 0 Å². The minimum Gasteiger partial charge on any atom is -0.361 e. The van der Waals surface area contributed by atoms with Crippen LogP contribution in [-0.2, 0) is 11.2 Å². The molecule has 20 heavy (non-hydrogen) atoms. The van der Waals surface area contributed by atoms with E-state index in [0.717, 1.165) is 42.8 Å². The number of aromatic nitrogens is 1. The summed E-state index contributed by atoms with van der Waals surface area (Å²) in [6.07, 6.45) is 2.62. The summed E-state index contributed by atoms with van der Waals surface area (Å²) in [7, 11) is 0. The Balaban J connectivity index is 1.88. The van der Waals surface area contributed by atoms with Gasteiger partial charge in [-0.2, -0.15) is 0 Å². The Labute approximate surface area is 120 Å². The molecule has 0 bridgehead atoms. The normalized spacial score (nSPS) is 24.4. The van der Waals surface area contributed by atoms with Crippen molar-refractivity contribution in [2.75, 3.05) is 6.54 Å². The first-order valence-corrected chi connectivity index (χ1v) is 7.43. The molecule has 2 heterocycles. The van der Waals surface area contributed by atoms with Crippen molar-refractivity contribution in [3.05, 3.63) is 17.0 Å². The fourth-order valence-electron chi connectivity index (χ4n) is 2.88. The summed E-state index contributed by atoms with van der Waals surface area (Å²) < 4.78 is 5.16. The maximum atomic E-state index is 12.3. The van der Waals surface area contributed by atoms with Gasteiger partial charge >= 0.3 is 0 Å². The van der Waals surface area contributed by atoms with E-state index < -0.39 is 0 Å². The number of nitrogens with zero attached hydrogens (tertiary/aromatic N) is 1. The maximum Gasteiger partial charge on any atom is 0.223 e. The number of rotatable bonds is 4. The van der Waals surface area contributed by atoms with Crippen LogP contribution in [0.5, 0.6) is 0 Å². The van der Waals surface area contributed by atoms with Crippen molar-refractivity contribution in [3.8, 4) is 0 Å². The van der Waals surface area contributed by atoms with E-state index in [4.69, 9.17) is 4.52 Å². The molecule has 0 radical (unpaired) electrons. The number of piperidine rings is 1. The summed E-state index contributed by atoms with van der Waals surface area (Å²) in [6, 6.07) is 0.530. The quantitative estimate of drug-likeness (QED) is 0.881. The fourth-order valence-corrected chi connectivity index (χ4v) is 2.88. The lowest BCUT2D eigenvalue weighted by Crippen LogP contribution is -2.45. The molecule has 1 amide bonds. The molecule has 1 aromatic heterocycles. The highest BCUT2D eigenvalue weighted by molar-refractivity contribution is 5.79. The van der Waals surface area contributed by atoms with Crippen molar-refractivity contribution >= 4 is 5.91 Å². The molecule has 2 rings (SSSR count). The van der Waals surface area contributed by atoms with Gasteiger partial charge in [0.2, 0.25) is 5.91 Å². The zero-order chi connectivity index (χ0) is 14.7. The van der Waals surface area contributed by atoms with Crippen LogP contribution in [0.1, 0.15) is 43.7 Å². The Morgan fingerprint density at radius 1 is 1.55 bits per heavy atom. The van der Waals surface area contributed by atoms with Crippen molar-refractivity contribution in [2.45, 2.75) is 59.0 Å². The van der Waals surface area contributed by atoms with E-state index in [-0.39, 0.29) is 17.9 Å². The highest BCUT2D eigenvalue weighted by atomic mass is 16.5. The first-order chi connectivity index (χ1) is 9.47. The molecule has 1 saturated heterocycles. The lowest BCUT2D eigenvalue weighted by atomic mass is 9.92. The van der Waals surface area contributed by atoms with Crippen LogP contribution >= 0.6 is 0 Å². The molecule has 1 aliphatic rings. The second-order valence-electron chi connectivity index (χ2n) is 5.99. The smallest absolute Gasteiger partial charge is 0.223 e. The SMILES string of the molecule is Cc1noc(C)c1CC(C)NC(=O)[C@H]1CCN[C@@H](C)C1. The molecule has 1 aliphatic heterocycles. The van der Waals surface area contributed by atoms with Crippen LogP contribution in [0, 0.1) is 19.8 Å². The van der Waals surface area contributed by atoms with Crippen LogP contribution in [-0.4, -0.2) is 29.7 Å². The molecule has 1 fully saturated rings. The number of aryl methyl sites for hydroxylation is 2. The molecule has 0 aromatic carbocycles. The second-order valence-corrected chi connectivity index (χ2v) is 5.99. The summed E-state index contributed by atoms with van der Waals surface area (Å²) in [4.78, 5) is 12.3. The molecule has 5 heteroatoms. The van der Waals surface area contributed by atoms with Crippen molar-refractivity contribution in [2.24, 2.45) is 5.92 Å². The molecule has 0 spiro atoms. The fraction of sp³-hybridized carbons (Fsp3) is 0.733. The van der Waals surface area contributed by atoms with Gasteiger partial charge in [-0.05, 0) is 53.5 Å². The lowest BCUT2D eigenvalue weighted by molar-refractivity contribution is -0.126. The Kier molecular flexibility index (Phi) is 4.81. The van der Waals surface area contributed by atoms with Crippen molar-refractivity contribution < 1.29 is 9.32 Å². The lowest BCUT2D eigenvalue weighted by Gasteiger charge is -2.28. The summed E-state index contributed by atoms with van der Waals surface area (Å²) in [6.45, 7) is 8.95. The Bertz CT molecular complexity index is 450. The Morgan fingerprint density at radius 2 is 2.30 bits per heavy atom. The van der Waals surface area contributed by atoms with Crippen molar-refractivity contribution in [1.29, 1.82) is 0 Å². The number of amides is 1. The molecular formula is C15H25N3O2. The van der Waals surface area contributed by atoms with Gasteiger partial charge in [0, 0.05) is 23.6 Å². The third-order valence-electron chi connectivity index (χ3n) is 4.07. The van der Waals surface area contributed by atoms with Gasteiger partial charge in [0.05, 0.1) is 5.69 Å². The predicted octanol–water partition coefficient (Wildman–Crippen LogP) is 1.73. The van der Waals surface area contributed by atoms with Crippen LogP contribution in [0.2, 0.25) is 0 Å². The monoisotopic (exact) mass is 279 g/mol. The zero-order valence-electron chi connectivity index (χ0n) is 12.8. The van der Waals surface area contributed by atoms with Gasteiger partial charge in [-0.25, -0.2) is 0 Å². The first kappa shape index (κ1) is 15.0. The Morgan fingerprint density at radius 3 is 2.90 bits per heavy atom. The summed E-state index contributed by atoms with van der Waals surface area (Å²) in [5, 5.41) is 10.4. The van der Waals surface area contributed by atoms with E-state index in [0.29, 0.717) is 6.04 Å². The van der Waals surface area contributed by atoms with Gasteiger partial charge in [-0.1, -0.05) is 5.16 Å². The molecule has 1 unspecified atom stereocenters. The predicted molar refractivity (Wildman–Crippen MR) is 77.5 cm³/mol. The number of nitrogens with one attached hydrogen (secondary N) is 2. The average Bonchev–Trinajstić information content (AvgIpc) is 2.70. The van der Waals surface area contributed by atoms with E-state index in [9.17, 15) is 4.79 Å². The zero-order valence-corrected chi connectivity index (χ0v) is 12.8. The van der Waals surface area contributed by atoms with E-state index in [1.165, 1.54) is 0 Å². The maximum absolute atomic E-state index is 12.3. The van der Waals surface area contributed by atoms with E-state index in [1.54, 1.807) is 0 Å². The summed E-state index contributed by atoms with van der Waals surface area (Å²) in [5.41, 5.74) is 2.02. The third kappa shape index (κ3) is 3.60. The third-order valence-corrected chi connectivity index (χ3v) is 4.07. The van der Waals surface area contributed by atoms with Crippen molar-refractivity contribution in [1.82, 2.24) is 15.8 Å². The minimum atomic E-state index is 0.101. The van der Waals surface area contributed by atoms with Crippen LogP contribution in [0.15, 0.2) is 4.52 Å².